The standard InChI is InChI=1S/C15H10ClF6N3O/c1-2-11-10(6-23-13(16)25-11)12(26)24-9-4-7(14(17,18)19)3-8(5-9)15(20,21)22/h3-6H,2H2,1H3,(H,24,26). The fraction of sp³-hybridized carbons (Fsp3) is 0.267. The van der Waals surface area contributed by atoms with Crippen LogP contribution >= 0.6 is 11.6 Å². The van der Waals surface area contributed by atoms with Gasteiger partial charge in [0.15, 0.2) is 0 Å². The smallest absolute Gasteiger partial charge is 0.322 e. The lowest BCUT2D eigenvalue weighted by Crippen LogP contribution is -2.18. The highest BCUT2D eigenvalue weighted by molar-refractivity contribution is 6.28. The predicted molar refractivity (Wildman–Crippen MR) is 80.8 cm³/mol. The Morgan fingerprint density at radius 1 is 1.08 bits per heavy atom. The maximum absolute atomic E-state index is 12.8. The molecule has 26 heavy (non-hydrogen) atoms. The largest absolute Gasteiger partial charge is 0.416 e. The quantitative estimate of drug-likeness (QED) is 0.587. The highest BCUT2D eigenvalue weighted by Crippen LogP contribution is 2.37. The lowest BCUT2D eigenvalue weighted by Gasteiger charge is -2.15. The van der Waals surface area contributed by atoms with Crippen molar-refractivity contribution in [3.63, 3.8) is 0 Å². The van der Waals surface area contributed by atoms with Gasteiger partial charge in [0.2, 0.25) is 5.28 Å². The zero-order chi connectivity index (χ0) is 19.7. The number of alkyl halides is 6. The van der Waals surface area contributed by atoms with Gasteiger partial charge in [0.25, 0.3) is 5.91 Å². The Kier molecular flexibility index (Phi) is 5.45. The number of aromatic nitrogens is 2. The summed E-state index contributed by atoms with van der Waals surface area (Å²) in [6, 6.07) is 0.795. The summed E-state index contributed by atoms with van der Waals surface area (Å²) in [6.45, 7) is 1.64. The zero-order valence-corrected chi connectivity index (χ0v) is 13.7. The minimum atomic E-state index is -5.02. The van der Waals surface area contributed by atoms with Crippen molar-refractivity contribution in [1.82, 2.24) is 9.97 Å². The van der Waals surface area contributed by atoms with Crippen LogP contribution in [0.2, 0.25) is 5.28 Å². The predicted octanol–water partition coefficient (Wildman–Crippen LogP) is 4.98. The van der Waals surface area contributed by atoms with Crippen LogP contribution in [0.3, 0.4) is 0 Å². The molecule has 0 spiro atoms. The van der Waals surface area contributed by atoms with Crippen LogP contribution in [0.5, 0.6) is 0 Å². The molecule has 0 radical (unpaired) electrons. The van der Waals surface area contributed by atoms with Gasteiger partial charge in [-0.2, -0.15) is 26.3 Å². The molecule has 1 aromatic carbocycles. The van der Waals surface area contributed by atoms with E-state index in [9.17, 15) is 31.1 Å². The SMILES string of the molecule is CCc1nc(Cl)ncc1C(=O)Nc1cc(C(F)(F)F)cc(C(F)(F)F)c1. The average molecular weight is 398 g/mol. The molecule has 1 aromatic heterocycles. The molecule has 0 aliphatic rings. The van der Waals surface area contributed by atoms with E-state index < -0.39 is 35.1 Å². The first-order valence-corrected chi connectivity index (χ1v) is 7.42. The first kappa shape index (κ1) is 20.0. The second-order valence-corrected chi connectivity index (χ2v) is 5.44. The van der Waals surface area contributed by atoms with E-state index in [2.05, 4.69) is 9.97 Å². The van der Waals surface area contributed by atoms with Gasteiger partial charge in [0.1, 0.15) is 0 Å². The minimum Gasteiger partial charge on any atom is -0.322 e. The molecule has 1 heterocycles. The summed E-state index contributed by atoms with van der Waals surface area (Å²) in [5, 5.41) is 1.87. The molecule has 0 saturated heterocycles. The van der Waals surface area contributed by atoms with E-state index in [4.69, 9.17) is 11.6 Å². The maximum atomic E-state index is 12.8. The maximum Gasteiger partial charge on any atom is 0.416 e. The molecule has 0 aliphatic carbocycles. The van der Waals surface area contributed by atoms with Crippen molar-refractivity contribution in [1.29, 1.82) is 0 Å². The Labute approximate surface area is 148 Å². The topological polar surface area (TPSA) is 54.9 Å². The molecule has 4 nitrogen and oxygen atoms in total. The van der Waals surface area contributed by atoms with E-state index in [1.165, 1.54) is 0 Å². The molecular weight excluding hydrogens is 388 g/mol. The molecule has 2 aromatic rings. The van der Waals surface area contributed by atoms with Gasteiger partial charge in [0.05, 0.1) is 22.4 Å². The van der Waals surface area contributed by atoms with E-state index in [1.54, 1.807) is 6.92 Å². The number of halogens is 7. The average Bonchev–Trinajstić information content (AvgIpc) is 2.52. The first-order chi connectivity index (χ1) is 11.9. The zero-order valence-electron chi connectivity index (χ0n) is 13.0. The van der Waals surface area contributed by atoms with Crippen LogP contribution in [-0.4, -0.2) is 15.9 Å². The van der Waals surface area contributed by atoms with Crippen LogP contribution in [0.4, 0.5) is 32.0 Å². The Bertz CT molecular complexity index is 803. The number of carbonyl (C=O) groups excluding carboxylic acids is 1. The molecule has 0 fully saturated rings. The van der Waals surface area contributed by atoms with Crippen molar-refractivity contribution in [2.75, 3.05) is 5.32 Å². The van der Waals surface area contributed by atoms with Gasteiger partial charge in [-0.15, -0.1) is 0 Å². The molecule has 11 heteroatoms. The van der Waals surface area contributed by atoms with Crippen LogP contribution in [0, 0.1) is 0 Å². The summed E-state index contributed by atoms with van der Waals surface area (Å²) >= 11 is 5.60. The second-order valence-electron chi connectivity index (χ2n) is 5.10. The molecule has 140 valence electrons. The minimum absolute atomic E-state index is 0.0292. The molecule has 0 atom stereocenters. The molecule has 2 rings (SSSR count). The summed E-state index contributed by atoms with van der Waals surface area (Å²) in [6.07, 6.45) is -8.74. The number of carbonyl (C=O) groups is 1. The van der Waals surface area contributed by atoms with E-state index in [1.807, 2.05) is 5.32 Å². The van der Waals surface area contributed by atoms with Crippen molar-refractivity contribution >= 4 is 23.2 Å². The van der Waals surface area contributed by atoms with Crippen LogP contribution in [-0.2, 0) is 18.8 Å². The molecule has 1 N–H and O–H groups in total. The summed E-state index contributed by atoms with van der Waals surface area (Å²) in [5.41, 5.74) is -3.64. The van der Waals surface area contributed by atoms with E-state index in [0.29, 0.717) is 12.1 Å². The number of hydrogen-bond acceptors (Lipinski definition) is 3. The summed E-state index contributed by atoms with van der Waals surface area (Å²) in [7, 11) is 0. The third-order valence-corrected chi connectivity index (χ3v) is 3.45. The third-order valence-electron chi connectivity index (χ3n) is 3.26. The Morgan fingerprint density at radius 3 is 2.08 bits per heavy atom. The van der Waals surface area contributed by atoms with Gasteiger partial charge in [-0.1, -0.05) is 6.92 Å². The molecule has 0 saturated carbocycles. The van der Waals surface area contributed by atoms with Crippen molar-refractivity contribution in [2.24, 2.45) is 0 Å². The summed E-state index contributed by atoms with van der Waals surface area (Å²) in [4.78, 5) is 19.6. The second kappa shape index (κ2) is 7.10. The van der Waals surface area contributed by atoms with Gasteiger partial charge in [0, 0.05) is 11.9 Å². The van der Waals surface area contributed by atoms with E-state index in [-0.39, 0.29) is 29.0 Å². The van der Waals surface area contributed by atoms with Crippen molar-refractivity contribution in [3.8, 4) is 0 Å². The normalized spacial score (nSPS) is 12.2. The molecular formula is C15H10ClF6N3O. The van der Waals surface area contributed by atoms with Crippen LogP contribution in [0.15, 0.2) is 24.4 Å². The number of hydrogen-bond donors (Lipinski definition) is 1. The van der Waals surface area contributed by atoms with Crippen molar-refractivity contribution in [3.05, 3.63) is 52.1 Å². The van der Waals surface area contributed by atoms with Gasteiger partial charge in [-0.25, -0.2) is 9.97 Å². The molecule has 0 bridgehead atoms. The van der Waals surface area contributed by atoms with Crippen LogP contribution in [0.1, 0.15) is 34.1 Å². The number of aryl methyl sites for hydroxylation is 1. The monoisotopic (exact) mass is 397 g/mol. The Morgan fingerprint density at radius 2 is 1.62 bits per heavy atom. The fourth-order valence-corrected chi connectivity index (χ4v) is 2.23. The number of benzene rings is 1. The number of anilines is 1. The van der Waals surface area contributed by atoms with Gasteiger partial charge in [-0.3, -0.25) is 4.79 Å². The van der Waals surface area contributed by atoms with Gasteiger partial charge >= 0.3 is 12.4 Å². The van der Waals surface area contributed by atoms with E-state index >= 15 is 0 Å². The number of nitrogens with zero attached hydrogens (tertiary/aromatic N) is 2. The van der Waals surface area contributed by atoms with Crippen LogP contribution in [0.25, 0.3) is 0 Å². The van der Waals surface area contributed by atoms with Gasteiger partial charge < -0.3 is 5.32 Å². The van der Waals surface area contributed by atoms with Crippen molar-refractivity contribution in [2.45, 2.75) is 25.7 Å². The molecule has 1 amide bonds. The van der Waals surface area contributed by atoms with Crippen molar-refractivity contribution < 1.29 is 31.1 Å². The highest BCUT2D eigenvalue weighted by atomic mass is 35.5. The Balaban J connectivity index is 2.44. The lowest BCUT2D eigenvalue weighted by atomic mass is 10.1. The number of rotatable bonds is 3. The van der Waals surface area contributed by atoms with Crippen LogP contribution < -0.4 is 5.32 Å². The highest BCUT2D eigenvalue weighted by Gasteiger charge is 2.37. The number of nitrogens with one attached hydrogen (secondary N) is 1. The fourth-order valence-electron chi connectivity index (χ4n) is 2.08. The van der Waals surface area contributed by atoms with E-state index in [0.717, 1.165) is 6.20 Å². The third kappa shape index (κ3) is 4.63. The lowest BCUT2D eigenvalue weighted by molar-refractivity contribution is -0.143. The van der Waals surface area contributed by atoms with Gasteiger partial charge in [-0.05, 0) is 36.2 Å². The summed E-state index contributed by atoms with van der Waals surface area (Å²) in [5.74, 6) is -0.953. The molecule has 0 unspecified atom stereocenters. The number of amides is 1. The molecule has 0 aliphatic heterocycles. The first-order valence-electron chi connectivity index (χ1n) is 7.04. The summed E-state index contributed by atoms with van der Waals surface area (Å²) < 4.78 is 77.1. The Hall–Kier alpha value is -2.36.